The molecular formula is C12H12BrFN2O3S. The van der Waals surface area contributed by atoms with E-state index in [1.165, 1.54) is 6.26 Å². The molecule has 0 spiro atoms. The lowest BCUT2D eigenvalue weighted by atomic mass is 10.3. The number of nitrogens with one attached hydrogen (secondary N) is 1. The Morgan fingerprint density at radius 2 is 2.15 bits per heavy atom. The largest absolute Gasteiger partial charge is 0.469 e. The quantitative estimate of drug-likeness (QED) is 0.799. The van der Waals surface area contributed by atoms with Crippen LogP contribution in [-0.2, 0) is 16.4 Å². The molecule has 1 aromatic heterocycles. The highest BCUT2D eigenvalue weighted by molar-refractivity contribution is 9.10. The van der Waals surface area contributed by atoms with Gasteiger partial charge in [0.25, 0.3) is 0 Å². The number of hydrogen-bond acceptors (Lipinski definition) is 4. The van der Waals surface area contributed by atoms with E-state index in [2.05, 4.69) is 20.7 Å². The van der Waals surface area contributed by atoms with Gasteiger partial charge in [-0.15, -0.1) is 0 Å². The van der Waals surface area contributed by atoms with E-state index >= 15 is 0 Å². The molecule has 108 valence electrons. The minimum Gasteiger partial charge on any atom is -0.469 e. The van der Waals surface area contributed by atoms with E-state index in [4.69, 9.17) is 10.2 Å². The molecule has 8 heteroatoms. The van der Waals surface area contributed by atoms with E-state index in [0.29, 0.717) is 16.7 Å². The third-order valence-corrected chi connectivity index (χ3v) is 4.75. The highest BCUT2D eigenvalue weighted by atomic mass is 79.9. The summed E-state index contributed by atoms with van der Waals surface area (Å²) in [6.07, 6.45) is 1.87. The highest BCUT2D eigenvalue weighted by Crippen LogP contribution is 2.25. The molecule has 2 rings (SSSR count). The second-order valence-corrected chi connectivity index (χ2v) is 6.62. The third kappa shape index (κ3) is 3.38. The maximum absolute atomic E-state index is 13.7. The van der Waals surface area contributed by atoms with Crippen LogP contribution in [0, 0.1) is 5.82 Å². The Bertz CT molecular complexity index is 702. The molecule has 0 saturated carbocycles. The fourth-order valence-corrected chi connectivity index (χ4v) is 3.03. The number of benzene rings is 1. The Morgan fingerprint density at radius 3 is 2.80 bits per heavy atom. The normalized spacial score (nSPS) is 11.7. The van der Waals surface area contributed by atoms with Crippen molar-refractivity contribution in [1.82, 2.24) is 4.72 Å². The maximum atomic E-state index is 13.7. The Hall–Kier alpha value is -1.38. The molecule has 0 unspecified atom stereocenters. The van der Waals surface area contributed by atoms with Crippen molar-refractivity contribution in [2.24, 2.45) is 0 Å². The summed E-state index contributed by atoms with van der Waals surface area (Å²) in [6.45, 7) is 0.102. The lowest BCUT2D eigenvalue weighted by Gasteiger charge is -2.09. The smallest absolute Gasteiger partial charge is 0.243 e. The minimum absolute atomic E-state index is 0.102. The van der Waals surface area contributed by atoms with Crippen molar-refractivity contribution in [1.29, 1.82) is 0 Å². The summed E-state index contributed by atoms with van der Waals surface area (Å²) < 4.78 is 45.4. The van der Waals surface area contributed by atoms with Gasteiger partial charge in [0.1, 0.15) is 16.5 Å². The number of nitrogens with two attached hydrogens (primary N) is 1. The third-order valence-electron chi connectivity index (χ3n) is 2.58. The molecule has 5 nitrogen and oxygen atoms in total. The number of anilines is 1. The van der Waals surface area contributed by atoms with Crippen molar-refractivity contribution in [3.63, 3.8) is 0 Å². The standard InChI is InChI=1S/C12H12BrFN2O3S/c13-9-6-10(14)12(7-11(9)15)20(17,18)16-4-3-8-2-1-5-19-8/h1-2,5-7,16H,3-4,15H2. The zero-order chi connectivity index (χ0) is 14.8. The van der Waals surface area contributed by atoms with Gasteiger partial charge in [-0.05, 0) is 40.2 Å². The van der Waals surface area contributed by atoms with Gasteiger partial charge in [0.05, 0.1) is 6.26 Å². The van der Waals surface area contributed by atoms with Crippen LogP contribution in [0.4, 0.5) is 10.1 Å². The number of halogens is 2. The number of nitrogen functional groups attached to an aromatic ring is 1. The molecule has 1 aromatic carbocycles. The molecule has 0 aliphatic rings. The van der Waals surface area contributed by atoms with Gasteiger partial charge in [-0.25, -0.2) is 17.5 Å². The molecule has 0 aliphatic heterocycles. The molecule has 1 heterocycles. The molecular weight excluding hydrogens is 351 g/mol. The molecule has 20 heavy (non-hydrogen) atoms. The lowest BCUT2D eigenvalue weighted by Crippen LogP contribution is -2.26. The molecule has 0 saturated heterocycles. The van der Waals surface area contributed by atoms with Gasteiger partial charge < -0.3 is 10.2 Å². The fraction of sp³-hybridized carbons (Fsp3) is 0.167. The average molecular weight is 363 g/mol. The van der Waals surface area contributed by atoms with Crippen LogP contribution in [0.15, 0.2) is 44.3 Å². The van der Waals surface area contributed by atoms with Crippen molar-refractivity contribution in [3.8, 4) is 0 Å². The predicted octanol–water partition coefficient (Wildman–Crippen LogP) is 2.28. The van der Waals surface area contributed by atoms with Crippen molar-refractivity contribution in [2.75, 3.05) is 12.3 Å². The van der Waals surface area contributed by atoms with Gasteiger partial charge in [0.2, 0.25) is 10.0 Å². The van der Waals surface area contributed by atoms with E-state index in [-0.39, 0.29) is 12.2 Å². The number of rotatable bonds is 5. The maximum Gasteiger partial charge on any atom is 0.243 e. The molecule has 0 radical (unpaired) electrons. The Labute approximate surface area is 124 Å². The minimum atomic E-state index is -3.95. The summed E-state index contributed by atoms with van der Waals surface area (Å²) in [7, 11) is -3.95. The molecule has 3 N–H and O–H groups in total. The van der Waals surface area contributed by atoms with Gasteiger partial charge >= 0.3 is 0 Å². The Balaban J connectivity index is 2.12. The first-order valence-corrected chi connectivity index (χ1v) is 7.94. The van der Waals surface area contributed by atoms with E-state index in [0.717, 1.165) is 12.1 Å². The molecule has 0 aliphatic carbocycles. The number of sulfonamides is 1. The summed E-state index contributed by atoms with van der Waals surface area (Å²) >= 11 is 3.03. The first-order valence-electron chi connectivity index (χ1n) is 5.67. The summed E-state index contributed by atoms with van der Waals surface area (Å²) in [6, 6.07) is 5.54. The van der Waals surface area contributed by atoms with Crippen molar-refractivity contribution in [3.05, 3.63) is 46.6 Å². The molecule has 2 aromatic rings. The zero-order valence-electron chi connectivity index (χ0n) is 10.3. The summed E-state index contributed by atoms with van der Waals surface area (Å²) in [5.74, 6) is -0.222. The fourth-order valence-electron chi connectivity index (χ4n) is 1.59. The van der Waals surface area contributed by atoms with Gasteiger partial charge in [-0.3, -0.25) is 0 Å². The second-order valence-electron chi connectivity index (χ2n) is 4.03. The van der Waals surface area contributed by atoms with Crippen molar-refractivity contribution >= 4 is 31.6 Å². The van der Waals surface area contributed by atoms with Crippen LogP contribution in [0.1, 0.15) is 5.76 Å². The van der Waals surface area contributed by atoms with Gasteiger partial charge in [-0.2, -0.15) is 0 Å². The second kappa shape index (κ2) is 5.94. The van der Waals surface area contributed by atoms with Gasteiger partial charge in [0, 0.05) is 23.1 Å². The van der Waals surface area contributed by atoms with Crippen LogP contribution in [0.2, 0.25) is 0 Å². The first-order chi connectivity index (χ1) is 9.40. The van der Waals surface area contributed by atoms with Crippen LogP contribution in [0.5, 0.6) is 0 Å². The topological polar surface area (TPSA) is 85.3 Å². The predicted molar refractivity (Wildman–Crippen MR) is 76.1 cm³/mol. The summed E-state index contributed by atoms with van der Waals surface area (Å²) in [5.41, 5.74) is 5.72. The van der Waals surface area contributed by atoms with Crippen molar-refractivity contribution < 1.29 is 17.2 Å². The van der Waals surface area contributed by atoms with Crippen LogP contribution in [0.3, 0.4) is 0 Å². The lowest BCUT2D eigenvalue weighted by molar-refractivity contribution is 0.505. The zero-order valence-corrected chi connectivity index (χ0v) is 12.7. The highest BCUT2D eigenvalue weighted by Gasteiger charge is 2.20. The Kier molecular flexibility index (Phi) is 4.46. The van der Waals surface area contributed by atoms with Gasteiger partial charge in [0.15, 0.2) is 0 Å². The monoisotopic (exact) mass is 362 g/mol. The molecule has 0 atom stereocenters. The number of hydrogen-bond donors (Lipinski definition) is 2. The summed E-state index contributed by atoms with van der Waals surface area (Å²) in [4.78, 5) is -0.474. The average Bonchev–Trinajstić information content (AvgIpc) is 2.86. The molecule has 0 amide bonds. The van der Waals surface area contributed by atoms with Gasteiger partial charge in [-0.1, -0.05) is 0 Å². The van der Waals surface area contributed by atoms with Crippen LogP contribution in [-0.4, -0.2) is 15.0 Å². The van der Waals surface area contributed by atoms with Crippen LogP contribution >= 0.6 is 15.9 Å². The van der Waals surface area contributed by atoms with E-state index in [1.54, 1.807) is 12.1 Å². The van der Waals surface area contributed by atoms with Crippen LogP contribution in [0.25, 0.3) is 0 Å². The Morgan fingerprint density at radius 1 is 1.40 bits per heavy atom. The van der Waals surface area contributed by atoms with E-state index in [1.807, 2.05) is 0 Å². The molecule has 0 fully saturated rings. The van der Waals surface area contributed by atoms with E-state index in [9.17, 15) is 12.8 Å². The van der Waals surface area contributed by atoms with E-state index < -0.39 is 20.7 Å². The number of furan rings is 1. The summed E-state index contributed by atoms with van der Waals surface area (Å²) in [5, 5.41) is 0. The van der Waals surface area contributed by atoms with Crippen LogP contribution < -0.4 is 10.5 Å². The molecule has 0 bridgehead atoms. The van der Waals surface area contributed by atoms with Crippen molar-refractivity contribution in [2.45, 2.75) is 11.3 Å². The SMILES string of the molecule is Nc1cc(S(=O)(=O)NCCc2ccco2)c(F)cc1Br. The first kappa shape index (κ1) is 15.0.